The Morgan fingerprint density at radius 3 is 1.75 bits per heavy atom. The average molecular weight is 1050 g/mol. The molecule has 8 rings (SSSR count). The largest absolute Gasteiger partial charge is 0.396 e. The van der Waals surface area contributed by atoms with Crippen molar-refractivity contribution in [3.63, 3.8) is 0 Å². The molecule has 0 saturated carbocycles. The minimum Gasteiger partial charge on any atom is -0.396 e. The second kappa shape index (κ2) is 20.8. The number of halogens is 4. The topological polar surface area (TPSA) is 194 Å². The van der Waals surface area contributed by atoms with E-state index in [1.807, 2.05) is 6.92 Å². The van der Waals surface area contributed by atoms with E-state index in [9.17, 15) is 33.3 Å². The maximum absolute atomic E-state index is 15.2. The molecule has 0 aromatic heterocycles. The van der Waals surface area contributed by atoms with Gasteiger partial charge in [-0.1, -0.05) is 84.5 Å². The average Bonchev–Trinajstić information content (AvgIpc) is 3.30. The van der Waals surface area contributed by atoms with E-state index in [0.717, 1.165) is 0 Å². The van der Waals surface area contributed by atoms with Crippen molar-refractivity contribution in [2.75, 3.05) is 50.1 Å². The number of nitrogens with one attached hydrogen (secondary N) is 2. The van der Waals surface area contributed by atoms with E-state index in [4.69, 9.17) is 46.4 Å². The summed E-state index contributed by atoms with van der Waals surface area (Å²) in [6.45, 7) is 3.69. The lowest BCUT2D eigenvalue weighted by atomic mass is 9.63. The molecule has 5 N–H and O–H groups in total. The van der Waals surface area contributed by atoms with Gasteiger partial charge in [-0.25, -0.2) is 21.1 Å². The van der Waals surface area contributed by atoms with Gasteiger partial charge in [-0.05, 0) is 145 Å². The molecule has 19 heteroatoms. The highest BCUT2D eigenvalue weighted by atomic mass is 35.5. The van der Waals surface area contributed by atoms with Crippen molar-refractivity contribution >= 4 is 89.6 Å². The lowest BCUT2D eigenvalue weighted by molar-refractivity contribution is 0.0512. The third-order valence-electron chi connectivity index (χ3n) is 14.7. The first-order valence-electron chi connectivity index (χ1n) is 23.0. The molecule has 366 valence electrons. The summed E-state index contributed by atoms with van der Waals surface area (Å²) in [5, 5.41) is 36.7. The van der Waals surface area contributed by atoms with Crippen LogP contribution in [0.2, 0.25) is 20.1 Å². The smallest absolute Gasteiger partial charge is 0.258 e. The Balaban J connectivity index is 1.12. The molecule has 0 bridgehead atoms. The van der Waals surface area contributed by atoms with Gasteiger partial charge < -0.3 is 26.0 Å². The molecule has 8 atom stereocenters. The summed E-state index contributed by atoms with van der Waals surface area (Å²) >= 11 is 25.4. The Hall–Kier alpha value is -3.32. The maximum atomic E-state index is 15.2. The van der Waals surface area contributed by atoms with Crippen LogP contribution in [0.25, 0.3) is 0 Å². The van der Waals surface area contributed by atoms with E-state index in [0.29, 0.717) is 71.9 Å². The number of aliphatic hydroxyl groups is 3. The molecular weight excluding hydrogens is 995 g/mol. The molecule has 68 heavy (non-hydrogen) atoms. The number of aliphatic hydroxyl groups excluding tert-OH is 3. The van der Waals surface area contributed by atoms with Crippen molar-refractivity contribution in [1.29, 1.82) is 0 Å². The quantitative estimate of drug-likeness (QED) is 0.0921. The number of carbonyl (C=O) groups excluding carboxylic acids is 2. The van der Waals surface area contributed by atoms with Crippen molar-refractivity contribution in [3.8, 4) is 0 Å². The number of sulfonamides is 2. The summed E-state index contributed by atoms with van der Waals surface area (Å²) in [6.07, 6.45) is 2.22. The fraction of sp³-hybridized carbons (Fsp3) is 0.469. The molecule has 4 aromatic carbocycles. The Morgan fingerprint density at radius 2 is 1.21 bits per heavy atom. The number of nitrogens with zero attached hydrogens (tertiary/aromatic N) is 2. The summed E-state index contributed by atoms with van der Waals surface area (Å²) in [4.78, 5) is 27.0. The number of hydrogen-bond acceptors (Lipinski definition) is 9. The molecular formula is C49H56Cl4N4O9S2. The molecule has 13 nitrogen and oxygen atoms in total. The zero-order valence-electron chi connectivity index (χ0n) is 37.6. The van der Waals surface area contributed by atoms with Crippen LogP contribution in [-0.2, 0) is 26.5 Å². The van der Waals surface area contributed by atoms with Crippen molar-refractivity contribution in [2.24, 2.45) is 29.6 Å². The van der Waals surface area contributed by atoms with Gasteiger partial charge in [0, 0.05) is 50.3 Å². The van der Waals surface area contributed by atoms with Crippen LogP contribution in [0, 0.1) is 29.6 Å². The minimum absolute atomic E-state index is 0.0136. The molecule has 0 radical (unpaired) electrons. The standard InChI is InChI=1S/C49H56Cl4N4O9S2/c1-27-13-15-56(16-14-27)67(63,64)44-19-31(25-59)45(35-12-11-33(21-38(35)44)55-49(62)47-41(52)7-4-8-42(47)53)36-22-34(26-60)57(23-28(36)2)68(65,66)43-18-29(24-58)17-30-9-10-32(20-37(30)43)54-48(61)46-39(50)5-3-6-40(46)51/h3-12,20-21,27-29,31,34,36,43-45,58-60H,13-19,22-26H2,1-2H3,(H,54,61)(H,55,62). The zero-order valence-corrected chi connectivity index (χ0v) is 42.3. The fourth-order valence-corrected chi connectivity index (χ4v) is 16.7. The van der Waals surface area contributed by atoms with Crippen LogP contribution in [0.3, 0.4) is 0 Å². The van der Waals surface area contributed by atoms with Crippen LogP contribution in [0.15, 0.2) is 72.8 Å². The number of piperidine rings is 2. The molecule has 8 unspecified atom stereocenters. The van der Waals surface area contributed by atoms with Crippen LogP contribution in [0.4, 0.5) is 11.4 Å². The molecule has 0 spiro atoms. The van der Waals surface area contributed by atoms with Gasteiger partial charge in [-0.2, -0.15) is 4.31 Å². The highest BCUT2D eigenvalue weighted by molar-refractivity contribution is 7.89. The predicted octanol–water partition coefficient (Wildman–Crippen LogP) is 8.95. The fourth-order valence-electron chi connectivity index (χ4n) is 11.1. The number of fused-ring (bicyclic) bond motifs is 2. The van der Waals surface area contributed by atoms with E-state index in [-0.39, 0.29) is 88.0 Å². The second-order valence-corrected chi connectivity index (χ2v) is 24.8. The number of amides is 2. The molecule has 2 aliphatic heterocycles. The Morgan fingerprint density at radius 1 is 0.662 bits per heavy atom. The van der Waals surface area contributed by atoms with Gasteiger partial charge in [-0.15, -0.1) is 0 Å². The molecule has 2 heterocycles. The van der Waals surface area contributed by atoms with Gasteiger partial charge >= 0.3 is 0 Å². The third-order valence-corrected chi connectivity index (χ3v) is 20.5. The highest BCUT2D eigenvalue weighted by Crippen LogP contribution is 2.54. The van der Waals surface area contributed by atoms with Gasteiger partial charge in [0.2, 0.25) is 20.0 Å². The summed E-state index contributed by atoms with van der Waals surface area (Å²) in [5.41, 5.74) is 3.13. The molecule has 2 saturated heterocycles. The van der Waals surface area contributed by atoms with Crippen molar-refractivity contribution in [3.05, 3.63) is 126 Å². The van der Waals surface area contributed by atoms with Crippen LogP contribution in [0.5, 0.6) is 0 Å². The van der Waals surface area contributed by atoms with Gasteiger partial charge in [0.05, 0.1) is 37.8 Å². The molecule has 4 aliphatic rings. The molecule has 2 amide bonds. The van der Waals surface area contributed by atoms with Crippen molar-refractivity contribution < 1.29 is 41.7 Å². The van der Waals surface area contributed by atoms with Crippen LogP contribution < -0.4 is 10.6 Å². The zero-order chi connectivity index (χ0) is 48.8. The minimum atomic E-state index is -4.26. The number of rotatable bonds is 12. The summed E-state index contributed by atoms with van der Waals surface area (Å²) in [6, 6.07) is 18.8. The summed E-state index contributed by atoms with van der Waals surface area (Å²) < 4.78 is 62.7. The second-order valence-electron chi connectivity index (χ2n) is 19.0. The van der Waals surface area contributed by atoms with Gasteiger partial charge in [0.1, 0.15) is 10.5 Å². The molecule has 2 aliphatic carbocycles. The maximum Gasteiger partial charge on any atom is 0.258 e. The Kier molecular flexibility index (Phi) is 15.6. The van der Waals surface area contributed by atoms with E-state index < -0.39 is 66.8 Å². The third kappa shape index (κ3) is 9.97. The summed E-state index contributed by atoms with van der Waals surface area (Å²) in [5.74, 6) is -2.81. The van der Waals surface area contributed by atoms with Gasteiger partial charge in [0.25, 0.3) is 11.8 Å². The van der Waals surface area contributed by atoms with Crippen molar-refractivity contribution in [1.82, 2.24) is 8.61 Å². The number of anilines is 2. The monoisotopic (exact) mass is 1050 g/mol. The number of carbonyl (C=O) groups is 2. The van der Waals surface area contributed by atoms with Gasteiger partial charge in [-0.3, -0.25) is 9.59 Å². The first-order chi connectivity index (χ1) is 32.4. The number of hydrogen-bond donors (Lipinski definition) is 5. The van der Waals surface area contributed by atoms with Crippen molar-refractivity contribution in [2.45, 2.75) is 74.8 Å². The Labute approximate surface area is 418 Å². The lowest BCUT2D eigenvalue weighted by Gasteiger charge is -2.50. The van der Waals surface area contributed by atoms with E-state index in [1.54, 1.807) is 72.8 Å². The summed E-state index contributed by atoms with van der Waals surface area (Å²) in [7, 11) is -8.23. The van der Waals surface area contributed by atoms with E-state index in [1.165, 1.54) is 8.61 Å². The Bertz CT molecular complexity index is 2750. The first kappa shape index (κ1) is 51.0. The normalized spacial score (nSPS) is 26.1. The van der Waals surface area contributed by atoms with E-state index >= 15 is 8.42 Å². The number of benzene rings is 4. The first-order valence-corrected chi connectivity index (χ1v) is 27.5. The van der Waals surface area contributed by atoms with Gasteiger partial charge in [0.15, 0.2) is 0 Å². The predicted molar refractivity (Wildman–Crippen MR) is 267 cm³/mol. The van der Waals surface area contributed by atoms with Crippen LogP contribution >= 0.6 is 46.4 Å². The highest BCUT2D eigenvalue weighted by Gasteiger charge is 2.51. The van der Waals surface area contributed by atoms with Crippen LogP contribution in [-0.4, -0.2) is 98.1 Å². The lowest BCUT2D eigenvalue weighted by Crippen LogP contribution is -2.54. The van der Waals surface area contributed by atoms with Crippen LogP contribution in [0.1, 0.15) is 105 Å². The SMILES string of the molecule is CC1CCN(S(=O)(=O)C2CC(CO)C(C3CC(CO)N(S(=O)(=O)C4CC(CO)Cc5ccc(NC(=O)c6c(Cl)cccc6Cl)cc54)CC3C)c3ccc(NC(=O)c4c(Cl)cccc4Cl)cc32)CC1. The van der Waals surface area contributed by atoms with E-state index in [2.05, 4.69) is 17.6 Å². The molecule has 4 aromatic rings. The molecule has 2 fully saturated rings.